The SMILES string of the molecule is CC[C@H](C)N(C(=O)CN1C(=O)N[C@@](C)(c2ccc(C(C)(C)C)cc2)C1=O)[C@@H](C)CC. The number of hydrogen-bond donors (Lipinski definition) is 1. The topological polar surface area (TPSA) is 69.7 Å². The number of urea groups is 1. The maximum Gasteiger partial charge on any atom is 0.325 e. The molecule has 1 fully saturated rings. The Morgan fingerprint density at radius 3 is 2.00 bits per heavy atom. The fourth-order valence-corrected chi connectivity index (χ4v) is 3.88. The Kier molecular flexibility index (Phi) is 7.00. The minimum Gasteiger partial charge on any atom is -0.336 e. The summed E-state index contributed by atoms with van der Waals surface area (Å²) in [5.41, 5.74) is 0.683. The third-order valence-corrected chi connectivity index (χ3v) is 6.32. The van der Waals surface area contributed by atoms with Crippen LogP contribution >= 0.6 is 0 Å². The molecule has 0 spiro atoms. The van der Waals surface area contributed by atoms with Crippen molar-refractivity contribution < 1.29 is 14.4 Å². The summed E-state index contributed by atoms with van der Waals surface area (Å²) in [5.74, 6) is -0.591. The predicted octanol–water partition coefficient (Wildman–Crippen LogP) is 4.18. The maximum atomic E-state index is 13.2. The zero-order chi connectivity index (χ0) is 22.9. The highest BCUT2D eigenvalue weighted by Crippen LogP contribution is 2.31. The van der Waals surface area contributed by atoms with Gasteiger partial charge < -0.3 is 10.2 Å². The van der Waals surface area contributed by atoms with Crippen molar-refractivity contribution in [1.29, 1.82) is 0 Å². The second-order valence-corrected chi connectivity index (χ2v) is 9.59. The lowest BCUT2D eigenvalue weighted by Crippen LogP contribution is -2.50. The standard InChI is InChI=1S/C24H37N3O3/c1-9-16(3)27(17(4)10-2)20(28)15-26-21(29)24(8,25-22(26)30)19-13-11-18(12-14-19)23(5,6)7/h11-14,16-17H,9-10,15H2,1-8H3,(H,25,30)/t16-,17-,24-/m0/s1. The second kappa shape index (κ2) is 8.78. The summed E-state index contributed by atoms with van der Waals surface area (Å²) in [4.78, 5) is 41.8. The fourth-order valence-electron chi connectivity index (χ4n) is 3.88. The molecule has 2 rings (SSSR count). The molecule has 0 saturated carbocycles. The molecule has 0 bridgehead atoms. The van der Waals surface area contributed by atoms with Crippen LogP contribution in [0.3, 0.4) is 0 Å². The van der Waals surface area contributed by atoms with Gasteiger partial charge in [-0.3, -0.25) is 14.5 Å². The number of hydrogen-bond acceptors (Lipinski definition) is 3. The number of benzene rings is 1. The van der Waals surface area contributed by atoms with Gasteiger partial charge in [-0.15, -0.1) is 0 Å². The minimum absolute atomic E-state index is 0.00375. The molecule has 1 heterocycles. The van der Waals surface area contributed by atoms with E-state index >= 15 is 0 Å². The molecule has 6 heteroatoms. The van der Waals surface area contributed by atoms with E-state index in [1.54, 1.807) is 11.8 Å². The van der Waals surface area contributed by atoms with Crippen molar-refractivity contribution in [2.45, 2.75) is 91.3 Å². The summed E-state index contributed by atoms with van der Waals surface area (Å²) >= 11 is 0. The van der Waals surface area contributed by atoms with Crippen molar-refractivity contribution in [2.24, 2.45) is 0 Å². The number of imide groups is 1. The zero-order valence-electron chi connectivity index (χ0n) is 19.7. The monoisotopic (exact) mass is 415 g/mol. The van der Waals surface area contributed by atoms with Gasteiger partial charge in [0.05, 0.1) is 0 Å². The van der Waals surface area contributed by atoms with Crippen LogP contribution in [-0.4, -0.2) is 46.3 Å². The Morgan fingerprint density at radius 1 is 1.07 bits per heavy atom. The average Bonchev–Trinajstić information content (AvgIpc) is 2.91. The van der Waals surface area contributed by atoms with E-state index in [0.29, 0.717) is 5.56 Å². The lowest BCUT2D eigenvalue weighted by atomic mass is 9.84. The molecule has 0 aromatic heterocycles. The van der Waals surface area contributed by atoms with Gasteiger partial charge in [0, 0.05) is 12.1 Å². The quantitative estimate of drug-likeness (QED) is 0.679. The molecule has 30 heavy (non-hydrogen) atoms. The van der Waals surface area contributed by atoms with Crippen molar-refractivity contribution in [1.82, 2.24) is 15.1 Å². The molecule has 4 amide bonds. The van der Waals surface area contributed by atoms with Crippen molar-refractivity contribution in [2.75, 3.05) is 6.54 Å². The maximum absolute atomic E-state index is 13.2. The fraction of sp³-hybridized carbons (Fsp3) is 0.625. The highest BCUT2D eigenvalue weighted by Gasteiger charge is 2.50. The normalized spacial score (nSPS) is 21.4. The van der Waals surface area contributed by atoms with Gasteiger partial charge in [0.25, 0.3) is 5.91 Å². The summed E-state index contributed by atoms with van der Waals surface area (Å²) in [5, 5.41) is 2.80. The van der Waals surface area contributed by atoms with Crippen LogP contribution in [-0.2, 0) is 20.5 Å². The van der Waals surface area contributed by atoms with Crippen LogP contribution in [0, 0.1) is 0 Å². The summed E-state index contributed by atoms with van der Waals surface area (Å²) in [7, 11) is 0. The molecule has 1 aromatic carbocycles. The Morgan fingerprint density at radius 2 is 1.57 bits per heavy atom. The van der Waals surface area contributed by atoms with Crippen LogP contribution in [0.15, 0.2) is 24.3 Å². The number of nitrogens with one attached hydrogen (secondary N) is 1. The Hall–Kier alpha value is -2.37. The number of rotatable bonds is 7. The first-order chi connectivity index (χ1) is 13.9. The molecule has 0 aliphatic carbocycles. The van der Waals surface area contributed by atoms with Gasteiger partial charge in [-0.05, 0) is 50.2 Å². The average molecular weight is 416 g/mol. The molecule has 3 atom stereocenters. The van der Waals surface area contributed by atoms with Crippen molar-refractivity contribution in [3.63, 3.8) is 0 Å². The predicted molar refractivity (Wildman–Crippen MR) is 119 cm³/mol. The third kappa shape index (κ3) is 4.52. The largest absolute Gasteiger partial charge is 0.336 e. The number of carbonyl (C=O) groups is 3. The summed E-state index contributed by atoms with van der Waals surface area (Å²) < 4.78 is 0. The molecule has 1 saturated heterocycles. The summed E-state index contributed by atoms with van der Waals surface area (Å²) in [6.45, 7) is 15.9. The van der Waals surface area contributed by atoms with E-state index in [2.05, 4.69) is 26.1 Å². The first kappa shape index (κ1) is 23.9. The highest BCUT2D eigenvalue weighted by molar-refractivity contribution is 6.09. The number of nitrogens with zero attached hydrogens (tertiary/aromatic N) is 2. The van der Waals surface area contributed by atoms with Gasteiger partial charge >= 0.3 is 6.03 Å². The second-order valence-electron chi connectivity index (χ2n) is 9.59. The van der Waals surface area contributed by atoms with Crippen molar-refractivity contribution in [3.8, 4) is 0 Å². The van der Waals surface area contributed by atoms with Crippen LogP contribution in [0.4, 0.5) is 4.79 Å². The van der Waals surface area contributed by atoms with Gasteiger partial charge in [0.1, 0.15) is 12.1 Å². The molecule has 1 aliphatic heterocycles. The molecule has 6 nitrogen and oxygen atoms in total. The van der Waals surface area contributed by atoms with E-state index < -0.39 is 17.5 Å². The number of amides is 4. The third-order valence-electron chi connectivity index (χ3n) is 6.32. The van der Waals surface area contributed by atoms with Gasteiger partial charge in [-0.2, -0.15) is 0 Å². The van der Waals surface area contributed by atoms with Gasteiger partial charge in [-0.25, -0.2) is 4.79 Å². The van der Waals surface area contributed by atoms with E-state index in [1.165, 1.54) is 0 Å². The summed E-state index contributed by atoms with van der Waals surface area (Å²) in [6.07, 6.45) is 1.63. The molecule has 0 unspecified atom stereocenters. The van der Waals surface area contributed by atoms with E-state index in [9.17, 15) is 14.4 Å². The van der Waals surface area contributed by atoms with E-state index in [-0.39, 0.29) is 30.0 Å². The van der Waals surface area contributed by atoms with Crippen LogP contribution in [0.1, 0.15) is 79.4 Å². The molecule has 0 radical (unpaired) electrons. The van der Waals surface area contributed by atoms with Gasteiger partial charge in [0.2, 0.25) is 5.91 Å². The van der Waals surface area contributed by atoms with Gasteiger partial charge in [-0.1, -0.05) is 58.9 Å². The zero-order valence-corrected chi connectivity index (χ0v) is 19.7. The molecular formula is C24H37N3O3. The Bertz CT molecular complexity index is 787. The summed E-state index contributed by atoms with van der Waals surface area (Å²) in [6, 6.07) is 7.31. The van der Waals surface area contributed by atoms with Crippen molar-refractivity contribution >= 4 is 17.8 Å². The van der Waals surface area contributed by atoms with Crippen molar-refractivity contribution in [3.05, 3.63) is 35.4 Å². The van der Waals surface area contributed by atoms with Crippen LogP contribution in [0.5, 0.6) is 0 Å². The van der Waals surface area contributed by atoms with Crippen LogP contribution in [0.2, 0.25) is 0 Å². The lowest BCUT2D eigenvalue weighted by Gasteiger charge is -2.35. The smallest absolute Gasteiger partial charge is 0.325 e. The first-order valence-electron chi connectivity index (χ1n) is 10.9. The molecule has 1 aliphatic rings. The number of carbonyl (C=O) groups excluding carboxylic acids is 3. The van der Waals surface area contributed by atoms with E-state index in [1.807, 2.05) is 52.0 Å². The highest BCUT2D eigenvalue weighted by atomic mass is 16.2. The Labute approximate surface area is 181 Å². The minimum atomic E-state index is -1.18. The van der Waals surface area contributed by atoms with Crippen LogP contribution < -0.4 is 5.32 Å². The Balaban J connectivity index is 2.26. The first-order valence-corrected chi connectivity index (χ1v) is 10.9. The van der Waals surface area contributed by atoms with Gasteiger partial charge in [0.15, 0.2) is 0 Å². The lowest BCUT2D eigenvalue weighted by molar-refractivity contribution is -0.141. The molecular weight excluding hydrogens is 378 g/mol. The van der Waals surface area contributed by atoms with E-state index in [0.717, 1.165) is 23.3 Å². The van der Waals surface area contributed by atoms with Crippen LogP contribution in [0.25, 0.3) is 0 Å². The molecule has 1 N–H and O–H groups in total. The van der Waals surface area contributed by atoms with E-state index in [4.69, 9.17) is 0 Å². The molecule has 1 aromatic rings. The molecule has 166 valence electrons.